The van der Waals surface area contributed by atoms with E-state index in [0.717, 1.165) is 41.8 Å². The first-order chi connectivity index (χ1) is 12.2. The number of aryl methyl sites for hydroxylation is 1. The molecule has 2 aliphatic rings. The van der Waals surface area contributed by atoms with Gasteiger partial charge in [-0.1, -0.05) is 12.1 Å². The van der Waals surface area contributed by atoms with Gasteiger partial charge >= 0.3 is 0 Å². The zero-order chi connectivity index (χ0) is 17.4. The quantitative estimate of drug-likeness (QED) is 0.872. The summed E-state index contributed by atoms with van der Waals surface area (Å²) in [7, 11) is 1.66. The molecule has 2 atom stereocenters. The van der Waals surface area contributed by atoms with Gasteiger partial charge in [0.25, 0.3) is 0 Å². The van der Waals surface area contributed by atoms with Crippen molar-refractivity contribution in [3.63, 3.8) is 0 Å². The highest BCUT2D eigenvalue weighted by Gasteiger charge is 2.45. The van der Waals surface area contributed by atoms with Crippen LogP contribution < -0.4 is 15.0 Å². The van der Waals surface area contributed by atoms with Gasteiger partial charge in [-0.05, 0) is 42.4 Å². The Bertz CT molecular complexity index is 798. The number of rotatable bonds is 6. The Labute approximate surface area is 147 Å². The first kappa shape index (κ1) is 15.9. The molecule has 25 heavy (non-hydrogen) atoms. The molecule has 1 radical (unpaired) electrons. The van der Waals surface area contributed by atoms with Crippen molar-refractivity contribution in [2.24, 2.45) is 11.8 Å². The number of nitrogens with one attached hydrogen (secondary N) is 1. The lowest BCUT2D eigenvalue weighted by Gasteiger charge is -2.19. The molecule has 1 saturated heterocycles. The van der Waals surface area contributed by atoms with Gasteiger partial charge in [0.15, 0.2) is 0 Å². The van der Waals surface area contributed by atoms with Gasteiger partial charge in [-0.2, -0.15) is 4.98 Å². The lowest BCUT2D eigenvalue weighted by Crippen LogP contribution is -2.24. The van der Waals surface area contributed by atoms with E-state index in [4.69, 9.17) is 4.74 Å². The molecule has 1 aliphatic heterocycles. The van der Waals surface area contributed by atoms with Crippen LogP contribution in [-0.2, 0) is 11.3 Å². The molecular formula is C19H21N4O2. The Morgan fingerprint density at radius 2 is 2.16 bits per heavy atom. The van der Waals surface area contributed by atoms with E-state index in [0.29, 0.717) is 23.9 Å². The van der Waals surface area contributed by atoms with E-state index in [1.807, 2.05) is 25.3 Å². The maximum atomic E-state index is 11.2. The molecule has 1 saturated carbocycles. The molecule has 6 heteroatoms. The summed E-state index contributed by atoms with van der Waals surface area (Å²) in [4.78, 5) is 22.3. The van der Waals surface area contributed by atoms with Gasteiger partial charge in [0.1, 0.15) is 11.6 Å². The van der Waals surface area contributed by atoms with E-state index in [1.54, 1.807) is 13.3 Å². The fourth-order valence-corrected chi connectivity index (χ4v) is 3.53. The van der Waals surface area contributed by atoms with Crippen LogP contribution in [0.3, 0.4) is 0 Å². The molecular weight excluding hydrogens is 316 g/mol. The van der Waals surface area contributed by atoms with Crippen molar-refractivity contribution in [1.82, 2.24) is 9.97 Å². The van der Waals surface area contributed by atoms with Gasteiger partial charge in [-0.3, -0.25) is 4.79 Å². The van der Waals surface area contributed by atoms with Crippen LogP contribution in [0, 0.1) is 18.8 Å². The number of nitrogens with zero attached hydrogens (tertiary/aromatic N) is 3. The van der Waals surface area contributed by atoms with Crippen LogP contribution in [0.15, 0.2) is 24.4 Å². The van der Waals surface area contributed by atoms with E-state index in [9.17, 15) is 4.79 Å². The van der Waals surface area contributed by atoms with E-state index in [-0.39, 0.29) is 0 Å². The van der Waals surface area contributed by atoms with Gasteiger partial charge in [0.05, 0.1) is 12.7 Å². The molecule has 2 aromatic rings. The van der Waals surface area contributed by atoms with Crippen molar-refractivity contribution in [1.29, 1.82) is 0 Å². The largest absolute Gasteiger partial charge is 0.496 e. The molecule has 2 fully saturated rings. The Kier molecular flexibility index (Phi) is 4.03. The lowest BCUT2D eigenvalue weighted by atomic mass is 10.1. The number of methoxy groups -OCH3 is 1. The first-order valence-corrected chi connectivity index (χ1v) is 8.55. The second-order valence-corrected chi connectivity index (χ2v) is 6.85. The number of piperidine rings is 1. The average Bonchev–Trinajstić information content (AvgIpc) is 3.25. The monoisotopic (exact) mass is 337 g/mol. The van der Waals surface area contributed by atoms with E-state index >= 15 is 0 Å². The Morgan fingerprint density at radius 1 is 1.36 bits per heavy atom. The zero-order valence-corrected chi connectivity index (χ0v) is 14.5. The highest BCUT2D eigenvalue weighted by Crippen LogP contribution is 2.45. The fraction of sp³-hybridized carbons (Fsp3) is 0.421. The van der Waals surface area contributed by atoms with E-state index in [1.165, 1.54) is 6.42 Å². The van der Waals surface area contributed by atoms with Crippen LogP contribution >= 0.6 is 0 Å². The third-order valence-corrected chi connectivity index (χ3v) is 5.07. The summed E-state index contributed by atoms with van der Waals surface area (Å²) < 4.78 is 5.29. The van der Waals surface area contributed by atoms with Crippen LogP contribution in [0.2, 0.25) is 0 Å². The molecule has 1 aliphatic carbocycles. The maximum Gasteiger partial charge on any atom is 0.239 e. The Hall–Kier alpha value is -2.63. The third-order valence-electron chi connectivity index (χ3n) is 5.07. The molecule has 2 heterocycles. The molecule has 0 spiro atoms. The molecule has 4 rings (SSSR count). The zero-order valence-electron chi connectivity index (χ0n) is 14.5. The van der Waals surface area contributed by atoms with E-state index < -0.39 is 0 Å². The van der Waals surface area contributed by atoms with Crippen LogP contribution in [0.5, 0.6) is 5.75 Å². The van der Waals surface area contributed by atoms with Crippen LogP contribution in [-0.4, -0.2) is 36.5 Å². The number of anilines is 2. The molecule has 2 unspecified atom stereocenters. The fourth-order valence-electron chi connectivity index (χ4n) is 3.53. The SMILES string of the molecule is COc1ccc(CNc2nc(N3CC4CC4C3)ncc2[C]=O)cc1C. The smallest absolute Gasteiger partial charge is 0.239 e. The molecule has 129 valence electrons. The Morgan fingerprint density at radius 3 is 2.84 bits per heavy atom. The number of aromatic nitrogens is 2. The summed E-state index contributed by atoms with van der Waals surface area (Å²) in [6, 6.07) is 6.01. The predicted octanol–water partition coefficient (Wildman–Crippen LogP) is 2.32. The molecule has 1 N–H and O–H groups in total. The highest BCUT2D eigenvalue weighted by atomic mass is 16.5. The number of hydrogen-bond donors (Lipinski definition) is 1. The molecule has 6 nitrogen and oxygen atoms in total. The topological polar surface area (TPSA) is 67.3 Å². The molecule has 0 bridgehead atoms. The predicted molar refractivity (Wildman–Crippen MR) is 95.7 cm³/mol. The van der Waals surface area contributed by atoms with Gasteiger partial charge in [0.2, 0.25) is 12.2 Å². The number of benzene rings is 1. The van der Waals surface area contributed by atoms with Gasteiger partial charge in [-0.15, -0.1) is 0 Å². The van der Waals surface area contributed by atoms with Crippen LogP contribution in [0.25, 0.3) is 0 Å². The minimum atomic E-state index is 0.360. The van der Waals surface area contributed by atoms with Gasteiger partial charge in [-0.25, -0.2) is 4.98 Å². The van der Waals surface area contributed by atoms with Crippen molar-refractivity contribution in [2.45, 2.75) is 19.9 Å². The Balaban J connectivity index is 1.50. The van der Waals surface area contributed by atoms with Crippen molar-refractivity contribution >= 4 is 18.1 Å². The van der Waals surface area contributed by atoms with Gasteiger partial charge in [0, 0.05) is 25.8 Å². The summed E-state index contributed by atoms with van der Waals surface area (Å²) in [6.45, 7) is 4.62. The van der Waals surface area contributed by atoms with E-state index in [2.05, 4.69) is 26.3 Å². The number of carbonyl (C=O) groups excluding carboxylic acids is 1. The van der Waals surface area contributed by atoms with Crippen molar-refractivity contribution in [3.8, 4) is 5.75 Å². The summed E-state index contributed by atoms with van der Waals surface area (Å²) >= 11 is 0. The number of hydrogen-bond acceptors (Lipinski definition) is 6. The standard InChI is InChI=1S/C19H21N4O2/c1-12-5-13(3-4-17(12)25-2)7-20-18-16(11-24)8-21-19(22-18)23-9-14-6-15(14)10-23/h3-5,8,14-15H,6-7,9-10H2,1-2H3,(H,20,21,22). The second kappa shape index (κ2) is 6.35. The van der Waals surface area contributed by atoms with Crippen molar-refractivity contribution in [2.75, 3.05) is 30.4 Å². The summed E-state index contributed by atoms with van der Waals surface area (Å²) in [5.41, 5.74) is 2.53. The molecule has 1 aromatic carbocycles. The lowest BCUT2D eigenvalue weighted by molar-refractivity contribution is 0.411. The van der Waals surface area contributed by atoms with Crippen molar-refractivity contribution < 1.29 is 9.53 Å². The first-order valence-electron chi connectivity index (χ1n) is 8.55. The normalized spacial score (nSPS) is 21.0. The third kappa shape index (κ3) is 3.16. The second-order valence-electron chi connectivity index (χ2n) is 6.85. The summed E-state index contributed by atoms with van der Waals surface area (Å²) in [5.74, 6) is 3.70. The van der Waals surface area contributed by atoms with Crippen LogP contribution in [0.1, 0.15) is 23.1 Å². The minimum absolute atomic E-state index is 0.360. The van der Waals surface area contributed by atoms with Crippen molar-refractivity contribution in [3.05, 3.63) is 41.1 Å². The van der Waals surface area contributed by atoms with Crippen LogP contribution in [0.4, 0.5) is 11.8 Å². The summed E-state index contributed by atoms with van der Waals surface area (Å²) in [5, 5.41) is 3.25. The molecule has 0 amide bonds. The van der Waals surface area contributed by atoms with Gasteiger partial charge < -0.3 is 15.0 Å². The number of ether oxygens (including phenoxy) is 1. The summed E-state index contributed by atoms with van der Waals surface area (Å²) in [6.07, 6.45) is 4.81. The minimum Gasteiger partial charge on any atom is -0.496 e. The average molecular weight is 337 g/mol. The number of fused-ring (bicyclic) bond motifs is 1. The maximum absolute atomic E-state index is 11.2. The molecule has 1 aromatic heterocycles. The highest BCUT2D eigenvalue weighted by molar-refractivity contribution is 5.82.